The fourth-order valence-corrected chi connectivity index (χ4v) is 3.43. The largest absolute Gasteiger partial charge is 0.488 e. The maximum Gasteiger partial charge on any atom is 0.266 e. The zero-order valence-corrected chi connectivity index (χ0v) is 18.7. The average molecular weight is 472 g/mol. The van der Waals surface area contributed by atoms with Gasteiger partial charge in [-0.1, -0.05) is 46.9 Å². The normalized spacial score (nSPS) is 11.0. The molecule has 0 heterocycles. The Balaban J connectivity index is 1.84. The number of carbonyl (C=O) groups excluding carboxylic acids is 1. The number of nitrogens with one attached hydrogen (secondary N) is 1. The van der Waals surface area contributed by atoms with E-state index in [-0.39, 0.29) is 12.2 Å². The van der Waals surface area contributed by atoms with Crippen LogP contribution in [0.4, 0.5) is 5.69 Å². The van der Waals surface area contributed by atoms with Crippen LogP contribution in [-0.2, 0) is 11.4 Å². The molecule has 31 heavy (non-hydrogen) atoms. The number of carbonyl (C=O) groups is 1. The Morgan fingerprint density at radius 3 is 2.45 bits per heavy atom. The molecule has 4 nitrogen and oxygen atoms in total. The molecule has 0 aliphatic rings. The van der Waals surface area contributed by atoms with E-state index in [1.54, 1.807) is 48.5 Å². The van der Waals surface area contributed by atoms with Crippen molar-refractivity contribution in [2.45, 2.75) is 13.5 Å². The van der Waals surface area contributed by atoms with E-state index in [0.29, 0.717) is 32.1 Å². The molecule has 7 heteroatoms. The summed E-state index contributed by atoms with van der Waals surface area (Å²) < 4.78 is 5.89. The minimum absolute atomic E-state index is 0.0933. The molecule has 3 aromatic rings. The van der Waals surface area contributed by atoms with Crippen molar-refractivity contribution in [1.82, 2.24) is 0 Å². The summed E-state index contributed by atoms with van der Waals surface area (Å²) >= 11 is 18.1. The van der Waals surface area contributed by atoms with Crippen LogP contribution in [0.5, 0.6) is 5.75 Å². The topological polar surface area (TPSA) is 62.1 Å². The highest BCUT2D eigenvalue weighted by atomic mass is 35.5. The van der Waals surface area contributed by atoms with Crippen molar-refractivity contribution in [3.8, 4) is 11.8 Å². The number of benzene rings is 3. The van der Waals surface area contributed by atoms with Gasteiger partial charge in [0.15, 0.2) is 0 Å². The van der Waals surface area contributed by atoms with Gasteiger partial charge >= 0.3 is 0 Å². The zero-order valence-electron chi connectivity index (χ0n) is 16.5. The molecular weight excluding hydrogens is 455 g/mol. The summed E-state index contributed by atoms with van der Waals surface area (Å²) in [6, 6.07) is 19.3. The minimum atomic E-state index is -0.548. The fourth-order valence-electron chi connectivity index (χ4n) is 2.81. The van der Waals surface area contributed by atoms with Crippen LogP contribution in [-0.4, -0.2) is 5.91 Å². The van der Waals surface area contributed by atoms with Crippen LogP contribution >= 0.6 is 34.8 Å². The maximum atomic E-state index is 12.7. The van der Waals surface area contributed by atoms with Crippen LogP contribution in [0.2, 0.25) is 15.1 Å². The van der Waals surface area contributed by atoms with Gasteiger partial charge in [-0.2, -0.15) is 5.26 Å². The van der Waals surface area contributed by atoms with Crippen LogP contribution in [0, 0.1) is 18.3 Å². The van der Waals surface area contributed by atoms with Crippen molar-refractivity contribution < 1.29 is 9.53 Å². The van der Waals surface area contributed by atoms with Crippen molar-refractivity contribution in [2.24, 2.45) is 0 Å². The highest BCUT2D eigenvalue weighted by Crippen LogP contribution is 2.27. The first-order chi connectivity index (χ1) is 14.9. The number of amides is 1. The van der Waals surface area contributed by atoms with Gasteiger partial charge < -0.3 is 10.1 Å². The number of ether oxygens (including phenoxy) is 1. The second-order valence-electron chi connectivity index (χ2n) is 6.68. The summed E-state index contributed by atoms with van der Waals surface area (Å²) in [7, 11) is 0. The van der Waals surface area contributed by atoms with Gasteiger partial charge in [0.2, 0.25) is 0 Å². The molecule has 0 unspecified atom stereocenters. The number of nitriles is 1. The van der Waals surface area contributed by atoms with Gasteiger partial charge in [0.25, 0.3) is 5.91 Å². The van der Waals surface area contributed by atoms with Crippen molar-refractivity contribution in [3.63, 3.8) is 0 Å². The lowest BCUT2D eigenvalue weighted by Crippen LogP contribution is -2.14. The molecule has 1 amide bonds. The number of halogens is 3. The van der Waals surface area contributed by atoms with E-state index in [1.807, 2.05) is 25.1 Å². The van der Waals surface area contributed by atoms with Gasteiger partial charge in [0.05, 0.1) is 0 Å². The Labute approximate surface area is 195 Å². The predicted octanol–water partition coefficient (Wildman–Crippen LogP) is 7.08. The van der Waals surface area contributed by atoms with E-state index >= 15 is 0 Å². The lowest BCUT2D eigenvalue weighted by atomic mass is 10.1. The number of rotatable bonds is 6. The lowest BCUT2D eigenvalue weighted by Gasteiger charge is -2.11. The molecule has 3 aromatic carbocycles. The molecule has 0 bridgehead atoms. The van der Waals surface area contributed by atoms with Crippen LogP contribution in [0.1, 0.15) is 16.7 Å². The first-order valence-electron chi connectivity index (χ1n) is 9.22. The van der Waals surface area contributed by atoms with Gasteiger partial charge in [0, 0.05) is 26.3 Å². The van der Waals surface area contributed by atoms with Crippen molar-refractivity contribution in [3.05, 3.63) is 98.0 Å². The highest BCUT2D eigenvalue weighted by molar-refractivity contribution is 6.31. The molecule has 0 atom stereocenters. The van der Waals surface area contributed by atoms with Crippen molar-refractivity contribution >= 4 is 52.5 Å². The molecule has 3 rings (SSSR count). The lowest BCUT2D eigenvalue weighted by molar-refractivity contribution is -0.112. The molecule has 0 spiro atoms. The fraction of sp³-hybridized carbons (Fsp3) is 0.0833. The zero-order chi connectivity index (χ0) is 22.4. The highest BCUT2D eigenvalue weighted by Gasteiger charge is 2.13. The molecule has 0 aliphatic carbocycles. The van der Waals surface area contributed by atoms with E-state index in [0.717, 1.165) is 11.1 Å². The molecule has 156 valence electrons. The van der Waals surface area contributed by atoms with Gasteiger partial charge in [0.1, 0.15) is 24.0 Å². The number of nitrogens with zero attached hydrogens (tertiary/aromatic N) is 1. The van der Waals surface area contributed by atoms with Gasteiger partial charge in [-0.15, -0.1) is 0 Å². The first-order valence-corrected chi connectivity index (χ1v) is 10.3. The first kappa shape index (κ1) is 22.7. The molecule has 0 fully saturated rings. The summed E-state index contributed by atoms with van der Waals surface area (Å²) in [5.74, 6) is -0.0683. The third kappa shape index (κ3) is 6.26. The second-order valence-corrected chi connectivity index (χ2v) is 7.99. The Morgan fingerprint density at radius 1 is 1.03 bits per heavy atom. The van der Waals surface area contributed by atoms with E-state index in [2.05, 4.69) is 5.32 Å². The SMILES string of the molecule is Cc1cc(Cl)ccc1NC(=O)/C(C#N)=C/c1cc(Cl)ccc1OCc1cccc(Cl)c1. The third-order valence-corrected chi connectivity index (χ3v) is 5.06. The molecule has 0 aromatic heterocycles. The number of hydrogen-bond donors (Lipinski definition) is 1. The smallest absolute Gasteiger partial charge is 0.266 e. The van der Waals surface area contributed by atoms with Crippen LogP contribution in [0.25, 0.3) is 6.08 Å². The Morgan fingerprint density at radius 2 is 1.74 bits per heavy atom. The summed E-state index contributed by atoms with van der Waals surface area (Å²) in [4.78, 5) is 12.7. The Hall–Kier alpha value is -2.97. The molecule has 0 radical (unpaired) electrons. The summed E-state index contributed by atoms with van der Waals surface area (Å²) in [5.41, 5.74) is 2.65. The monoisotopic (exact) mass is 470 g/mol. The summed E-state index contributed by atoms with van der Waals surface area (Å²) in [6.07, 6.45) is 1.44. The number of hydrogen-bond acceptors (Lipinski definition) is 3. The number of aryl methyl sites for hydroxylation is 1. The minimum Gasteiger partial charge on any atom is -0.488 e. The van der Waals surface area contributed by atoms with Gasteiger partial charge in [-0.3, -0.25) is 4.79 Å². The number of anilines is 1. The van der Waals surface area contributed by atoms with E-state index in [4.69, 9.17) is 39.5 Å². The van der Waals surface area contributed by atoms with E-state index in [1.165, 1.54) is 6.08 Å². The van der Waals surface area contributed by atoms with E-state index < -0.39 is 5.91 Å². The molecule has 0 saturated heterocycles. The van der Waals surface area contributed by atoms with E-state index in [9.17, 15) is 10.1 Å². The maximum absolute atomic E-state index is 12.7. The van der Waals surface area contributed by atoms with Gasteiger partial charge in [-0.25, -0.2) is 0 Å². The Kier molecular flexibility index (Phi) is 7.59. The second kappa shape index (κ2) is 10.4. The summed E-state index contributed by atoms with van der Waals surface area (Å²) in [6.45, 7) is 2.08. The molecule has 0 aliphatic heterocycles. The summed E-state index contributed by atoms with van der Waals surface area (Å²) in [5, 5.41) is 13.9. The molecular formula is C24H17Cl3N2O2. The molecule has 1 N–H and O–H groups in total. The third-order valence-electron chi connectivity index (χ3n) is 4.36. The van der Waals surface area contributed by atoms with Crippen molar-refractivity contribution in [2.75, 3.05) is 5.32 Å². The quantitative estimate of drug-likeness (QED) is 0.308. The van der Waals surface area contributed by atoms with Crippen molar-refractivity contribution in [1.29, 1.82) is 5.26 Å². The van der Waals surface area contributed by atoms with Crippen LogP contribution < -0.4 is 10.1 Å². The van der Waals surface area contributed by atoms with Gasteiger partial charge in [-0.05, 0) is 72.7 Å². The Bertz CT molecular complexity index is 1200. The van der Waals surface area contributed by atoms with Crippen LogP contribution in [0.3, 0.4) is 0 Å². The standard InChI is InChI=1S/C24H17Cl3N2O2/c1-15-9-20(26)5-7-22(15)29-24(30)18(13-28)11-17-12-21(27)6-8-23(17)31-14-16-3-2-4-19(25)10-16/h2-12H,14H2,1H3,(H,29,30)/b18-11+. The van der Waals surface area contributed by atoms with Crippen LogP contribution in [0.15, 0.2) is 66.2 Å². The average Bonchev–Trinajstić information content (AvgIpc) is 2.73. The molecule has 0 saturated carbocycles. The predicted molar refractivity (Wildman–Crippen MR) is 126 cm³/mol.